The van der Waals surface area contributed by atoms with Crippen molar-refractivity contribution in [3.05, 3.63) is 72.7 Å². The zero-order valence-corrected chi connectivity index (χ0v) is 16.4. The lowest BCUT2D eigenvalue weighted by atomic mass is 10.1. The molecule has 7 nitrogen and oxygen atoms in total. The van der Waals surface area contributed by atoms with E-state index in [-0.39, 0.29) is 18.2 Å². The number of benzene rings is 1. The molecule has 0 radical (unpaired) electrons. The van der Waals surface area contributed by atoms with Crippen molar-refractivity contribution in [3.63, 3.8) is 0 Å². The van der Waals surface area contributed by atoms with Crippen molar-refractivity contribution in [2.75, 3.05) is 17.7 Å². The average molecular weight is 429 g/mol. The van der Waals surface area contributed by atoms with Gasteiger partial charge in [-0.15, -0.1) is 0 Å². The number of nitrogens with one attached hydrogen (secondary N) is 2. The van der Waals surface area contributed by atoms with Crippen molar-refractivity contribution in [2.45, 2.75) is 12.6 Å². The summed E-state index contributed by atoms with van der Waals surface area (Å²) in [5.41, 5.74) is 0.504. The van der Waals surface area contributed by atoms with Crippen molar-refractivity contribution >= 4 is 28.9 Å². The van der Waals surface area contributed by atoms with Gasteiger partial charge in [-0.1, -0.05) is 18.7 Å². The molecular weight excluding hydrogens is 411 g/mol. The Bertz CT molecular complexity index is 1090. The summed E-state index contributed by atoms with van der Waals surface area (Å²) >= 11 is 0. The maximum absolute atomic E-state index is 13.4. The van der Waals surface area contributed by atoms with Crippen LogP contribution in [0.25, 0.3) is 0 Å². The number of ether oxygens (including phenoxy) is 1. The summed E-state index contributed by atoms with van der Waals surface area (Å²) in [6.45, 7) is 3.41. The highest BCUT2D eigenvalue weighted by atomic mass is 19.4. The van der Waals surface area contributed by atoms with Crippen LogP contribution in [0.15, 0.2) is 61.6 Å². The van der Waals surface area contributed by atoms with Crippen molar-refractivity contribution in [1.82, 2.24) is 15.0 Å². The van der Waals surface area contributed by atoms with Crippen LogP contribution in [0.1, 0.15) is 11.1 Å². The van der Waals surface area contributed by atoms with Gasteiger partial charge in [0.1, 0.15) is 17.1 Å². The summed E-state index contributed by atoms with van der Waals surface area (Å²) in [4.78, 5) is 23.1. The summed E-state index contributed by atoms with van der Waals surface area (Å²) in [6.07, 6.45) is 0.359. The smallest absolute Gasteiger partial charge is 0.421 e. The number of pyridine rings is 1. The molecule has 0 aliphatic carbocycles. The number of carbonyl (C=O) groups is 1. The molecule has 10 heteroatoms. The predicted octanol–water partition coefficient (Wildman–Crippen LogP) is 4.68. The fraction of sp³-hybridized carbons (Fsp3) is 0.143. The summed E-state index contributed by atoms with van der Waals surface area (Å²) in [6, 6.07) is 8.00. The minimum absolute atomic E-state index is 0.0567. The second-order valence-electron chi connectivity index (χ2n) is 6.36. The van der Waals surface area contributed by atoms with Crippen LogP contribution in [0.5, 0.6) is 5.75 Å². The van der Waals surface area contributed by atoms with Crippen molar-refractivity contribution < 1.29 is 22.7 Å². The number of ketones is 1. The molecule has 2 heterocycles. The van der Waals surface area contributed by atoms with Crippen LogP contribution in [0, 0.1) is 0 Å². The standard InChI is InChI=1S/C21H18F3N5O2/c1-3-16(30)8-13-4-6-14(7-5-13)27-19-18(21(22,23)24)12-26-20(29-19)28-15-9-17(31-2)11-25-10-15/h3-7,9-12H,1,8H2,2H3,(H2,26,27,28,29). The fourth-order valence-corrected chi connectivity index (χ4v) is 2.59. The zero-order valence-electron chi connectivity index (χ0n) is 16.4. The van der Waals surface area contributed by atoms with E-state index in [9.17, 15) is 18.0 Å². The van der Waals surface area contributed by atoms with E-state index in [1.165, 1.54) is 25.6 Å². The maximum atomic E-state index is 13.4. The molecule has 0 aliphatic heterocycles. The Morgan fingerprint density at radius 1 is 1.13 bits per heavy atom. The van der Waals surface area contributed by atoms with E-state index in [1.807, 2.05) is 0 Å². The summed E-state index contributed by atoms with van der Waals surface area (Å²) in [7, 11) is 1.47. The number of allylic oxidation sites excluding steroid dienone is 1. The molecule has 2 aromatic heterocycles. The van der Waals surface area contributed by atoms with Crippen LogP contribution in [-0.2, 0) is 17.4 Å². The van der Waals surface area contributed by atoms with Crippen molar-refractivity contribution in [1.29, 1.82) is 0 Å². The largest absolute Gasteiger partial charge is 0.495 e. The first-order valence-electron chi connectivity index (χ1n) is 9.00. The van der Waals surface area contributed by atoms with Gasteiger partial charge in [-0.2, -0.15) is 18.2 Å². The van der Waals surface area contributed by atoms with Gasteiger partial charge in [-0.3, -0.25) is 9.78 Å². The number of nitrogens with zero attached hydrogens (tertiary/aromatic N) is 3. The molecule has 0 bridgehead atoms. The second-order valence-corrected chi connectivity index (χ2v) is 6.36. The number of methoxy groups -OCH3 is 1. The molecule has 1 aromatic carbocycles. The topological polar surface area (TPSA) is 89.0 Å². The number of hydrogen-bond acceptors (Lipinski definition) is 7. The Balaban J connectivity index is 1.87. The first-order chi connectivity index (χ1) is 14.8. The molecule has 0 amide bonds. The first kappa shape index (κ1) is 21.8. The first-order valence-corrected chi connectivity index (χ1v) is 9.00. The van der Waals surface area contributed by atoms with Crippen LogP contribution in [-0.4, -0.2) is 27.8 Å². The number of halogens is 3. The normalized spacial score (nSPS) is 11.0. The number of hydrogen-bond donors (Lipinski definition) is 2. The van der Waals surface area contributed by atoms with Crippen LogP contribution in [0.3, 0.4) is 0 Å². The van der Waals surface area contributed by atoms with Gasteiger partial charge in [0, 0.05) is 24.4 Å². The minimum Gasteiger partial charge on any atom is -0.495 e. The molecular formula is C21H18F3N5O2. The Morgan fingerprint density at radius 3 is 2.52 bits per heavy atom. The number of carbonyl (C=O) groups excluding carboxylic acids is 1. The van der Waals surface area contributed by atoms with Gasteiger partial charge in [0.05, 0.1) is 25.2 Å². The molecule has 0 saturated carbocycles. The van der Waals surface area contributed by atoms with Crippen LogP contribution in [0.2, 0.25) is 0 Å². The monoisotopic (exact) mass is 429 g/mol. The van der Waals surface area contributed by atoms with Crippen molar-refractivity contribution in [2.24, 2.45) is 0 Å². The van der Waals surface area contributed by atoms with Gasteiger partial charge in [0.25, 0.3) is 0 Å². The average Bonchev–Trinajstić information content (AvgIpc) is 2.74. The molecule has 160 valence electrons. The van der Waals surface area contributed by atoms with Gasteiger partial charge in [0.15, 0.2) is 5.78 Å². The van der Waals surface area contributed by atoms with E-state index in [2.05, 4.69) is 32.2 Å². The minimum atomic E-state index is -4.66. The summed E-state index contributed by atoms with van der Waals surface area (Å²) in [5, 5.41) is 5.47. The van der Waals surface area contributed by atoms with E-state index < -0.39 is 17.6 Å². The second kappa shape index (κ2) is 9.24. The lowest BCUT2D eigenvalue weighted by Crippen LogP contribution is -2.12. The third-order valence-corrected chi connectivity index (χ3v) is 4.12. The molecule has 0 atom stereocenters. The molecule has 3 aromatic rings. The number of rotatable bonds is 8. The highest BCUT2D eigenvalue weighted by Gasteiger charge is 2.35. The lowest BCUT2D eigenvalue weighted by Gasteiger charge is -2.15. The molecule has 0 aliphatic rings. The molecule has 0 spiro atoms. The molecule has 3 rings (SSSR count). The maximum Gasteiger partial charge on any atom is 0.421 e. The molecule has 0 unspecified atom stereocenters. The van der Waals surface area contributed by atoms with E-state index in [0.29, 0.717) is 28.9 Å². The van der Waals surface area contributed by atoms with Crippen LogP contribution >= 0.6 is 0 Å². The predicted molar refractivity (Wildman–Crippen MR) is 110 cm³/mol. The SMILES string of the molecule is C=CC(=O)Cc1ccc(Nc2nc(Nc3cncc(OC)c3)ncc2C(F)(F)F)cc1. The Hall–Kier alpha value is -3.95. The number of alkyl halides is 3. The van der Waals surface area contributed by atoms with E-state index in [1.54, 1.807) is 30.3 Å². The lowest BCUT2D eigenvalue weighted by molar-refractivity contribution is -0.137. The quantitative estimate of drug-likeness (QED) is 0.503. The summed E-state index contributed by atoms with van der Waals surface area (Å²) in [5.74, 6) is -0.168. The molecule has 0 fully saturated rings. The van der Waals surface area contributed by atoms with Gasteiger partial charge in [-0.05, 0) is 23.8 Å². The third-order valence-electron chi connectivity index (χ3n) is 4.12. The van der Waals surface area contributed by atoms with Crippen LogP contribution in [0.4, 0.5) is 36.3 Å². The fourth-order valence-electron chi connectivity index (χ4n) is 2.59. The van der Waals surface area contributed by atoms with E-state index in [4.69, 9.17) is 4.74 Å². The zero-order chi connectivity index (χ0) is 22.4. The van der Waals surface area contributed by atoms with Crippen molar-refractivity contribution in [3.8, 4) is 5.75 Å². The highest BCUT2D eigenvalue weighted by Crippen LogP contribution is 2.35. The highest BCUT2D eigenvalue weighted by molar-refractivity contribution is 5.90. The van der Waals surface area contributed by atoms with E-state index >= 15 is 0 Å². The van der Waals surface area contributed by atoms with Gasteiger partial charge >= 0.3 is 6.18 Å². The van der Waals surface area contributed by atoms with E-state index in [0.717, 1.165) is 0 Å². The Labute approximate surface area is 176 Å². The van der Waals surface area contributed by atoms with Crippen LogP contribution < -0.4 is 15.4 Å². The Kier molecular flexibility index (Phi) is 6.49. The molecule has 31 heavy (non-hydrogen) atoms. The molecule has 0 saturated heterocycles. The van der Waals surface area contributed by atoms with Gasteiger partial charge < -0.3 is 15.4 Å². The Morgan fingerprint density at radius 2 is 1.87 bits per heavy atom. The third kappa shape index (κ3) is 5.78. The molecule has 2 N–H and O–H groups in total. The van der Waals surface area contributed by atoms with Gasteiger partial charge in [0.2, 0.25) is 5.95 Å². The number of aromatic nitrogens is 3. The van der Waals surface area contributed by atoms with Gasteiger partial charge in [-0.25, -0.2) is 4.98 Å². The number of anilines is 4. The summed E-state index contributed by atoms with van der Waals surface area (Å²) < 4.78 is 45.4.